The quantitative estimate of drug-likeness (QED) is 0.471. The van der Waals surface area contributed by atoms with Gasteiger partial charge in [0.2, 0.25) is 0 Å². The van der Waals surface area contributed by atoms with E-state index in [2.05, 4.69) is 10.9 Å². The van der Waals surface area contributed by atoms with E-state index in [1.165, 1.54) is 30.3 Å². The number of nitrogens with zero attached hydrogens (tertiary/aromatic N) is 1. The summed E-state index contributed by atoms with van der Waals surface area (Å²) in [7, 11) is 0. The molecule has 2 aromatic rings. The van der Waals surface area contributed by atoms with E-state index in [9.17, 15) is 24.1 Å². The lowest BCUT2D eigenvalue weighted by Crippen LogP contribution is -2.40. The molecule has 0 atom stereocenters. The molecule has 0 aliphatic carbocycles. The first kappa shape index (κ1) is 19.0. The molecule has 0 spiro atoms. The number of non-ortho nitro benzene ring substituents is 1. The van der Waals surface area contributed by atoms with Gasteiger partial charge in [-0.3, -0.25) is 30.6 Å². The third kappa shape index (κ3) is 4.48. The number of carbonyl (C=O) groups is 2. The van der Waals surface area contributed by atoms with Crippen molar-refractivity contribution < 1.29 is 28.4 Å². The smallest absolute Gasteiger partial charge is 0.270 e. The van der Waals surface area contributed by atoms with Gasteiger partial charge in [0.15, 0.2) is 6.79 Å². The van der Waals surface area contributed by atoms with Gasteiger partial charge in [0, 0.05) is 34.9 Å². The molecule has 3 rings (SSSR count). The van der Waals surface area contributed by atoms with Crippen LogP contribution in [-0.2, 0) is 16.1 Å². The van der Waals surface area contributed by atoms with E-state index in [1.807, 2.05) is 0 Å². The van der Waals surface area contributed by atoms with Crippen LogP contribution < -0.4 is 15.6 Å². The van der Waals surface area contributed by atoms with Gasteiger partial charge in [-0.25, -0.2) is 4.39 Å². The van der Waals surface area contributed by atoms with Crippen LogP contribution in [0.3, 0.4) is 0 Å². The lowest BCUT2D eigenvalue weighted by Gasteiger charge is -2.19. The monoisotopic (exact) mass is 387 g/mol. The zero-order valence-corrected chi connectivity index (χ0v) is 14.3. The highest BCUT2D eigenvalue weighted by Gasteiger charge is 2.19. The van der Waals surface area contributed by atoms with Crippen molar-refractivity contribution in [3.8, 4) is 5.75 Å². The van der Waals surface area contributed by atoms with Crippen LogP contribution in [0, 0.1) is 15.9 Å². The largest absolute Gasteiger partial charge is 0.467 e. The van der Waals surface area contributed by atoms with E-state index < -0.39 is 22.6 Å². The minimum absolute atomic E-state index is 0.00836. The third-order valence-corrected chi connectivity index (χ3v) is 3.75. The van der Waals surface area contributed by atoms with E-state index in [4.69, 9.17) is 9.47 Å². The van der Waals surface area contributed by atoms with Crippen molar-refractivity contribution in [2.24, 2.45) is 0 Å². The normalized spacial score (nSPS) is 12.8. The first-order valence-electron chi connectivity index (χ1n) is 8.00. The fraction of sp³-hybridized carbons (Fsp3) is 0.111. The van der Waals surface area contributed by atoms with Crippen molar-refractivity contribution >= 4 is 23.6 Å². The number of rotatable bonds is 4. The average molecular weight is 387 g/mol. The lowest BCUT2D eigenvalue weighted by atomic mass is 10.1. The molecule has 0 radical (unpaired) electrons. The number of nitro benzene ring substituents is 1. The number of ether oxygens (including phenoxy) is 2. The van der Waals surface area contributed by atoms with Crippen LogP contribution in [0.1, 0.15) is 21.5 Å². The molecule has 0 fully saturated rings. The second-order valence-corrected chi connectivity index (χ2v) is 5.67. The molecule has 10 heteroatoms. The molecule has 2 amide bonds. The van der Waals surface area contributed by atoms with Gasteiger partial charge in [-0.05, 0) is 30.3 Å². The van der Waals surface area contributed by atoms with Crippen LogP contribution in [0.4, 0.5) is 10.1 Å². The molecule has 2 aromatic carbocycles. The maximum Gasteiger partial charge on any atom is 0.270 e. The number of nitro groups is 1. The molecule has 28 heavy (non-hydrogen) atoms. The molecule has 0 saturated heterocycles. The minimum Gasteiger partial charge on any atom is -0.467 e. The van der Waals surface area contributed by atoms with E-state index in [0.29, 0.717) is 16.9 Å². The van der Waals surface area contributed by atoms with Gasteiger partial charge in [0.05, 0.1) is 11.5 Å². The topological polar surface area (TPSA) is 120 Å². The highest BCUT2D eigenvalue weighted by Crippen LogP contribution is 2.33. The Morgan fingerprint density at radius 3 is 2.64 bits per heavy atom. The molecule has 0 bridgehead atoms. The maximum absolute atomic E-state index is 12.9. The predicted octanol–water partition coefficient (Wildman–Crippen LogP) is 2.07. The zero-order chi connectivity index (χ0) is 20.1. The number of carbonyl (C=O) groups excluding carboxylic acids is 2. The summed E-state index contributed by atoms with van der Waals surface area (Å²) < 4.78 is 23.3. The standard InChI is InChI=1S/C18H14FN3O6/c19-14-4-1-11(2-5-14)18(24)21-20-16(23)6-3-12-7-15(22(25)26)8-13-9-27-10-28-17(12)13/h1-8H,9-10H2,(H,20,23)(H,21,24)/b6-3+. The number of hydrogen-bond donors (Lipinski definition) is 2. The van der Waals surface area contributed by atoms with Crippen LogP contribution in [0.2, 0.25) is 0 Å². The van der Waals surface area contributed by atoms with Crippen molar-refractivity contribution in [3.63, 3.8) is 0 Å². The number of hydrazine groups is 1. The molecule has 144 valence electrons. The van der Waals surface area contributed by atoms with Crippen molar-refractivity contribution in [2.75, 3.05) is 6.79 Å². The van der Waals surface area contributed by atoms with Crippen molar-refractivity contribution in [2.45, 2.75) is 6.61 Å². The van der Waals surface area contributed by atoms with Crippen molar-refractivity contribution in [1.29, 1.82) is 0 Å². The Bertz CT molecular complexity index is 959. The summed E-state index contributed by atoms with van der Waals surface area (Å²) in [5, 5.41) is 11.1. The summed E-state index contributed by atoms with van der Waals surface area (Å²) in [4.78, 5) is 34.3. The van der Waals surface area contributed by atoms with Gasteiger partial charge in [0.25, 0.3) is 17.5 Å². The van der Waals surface area contributed by atoms with Gasteiger partial charge < -0.3 is 9.47 Å². The summed E-state index contributed by atoms with van der Waals surface area (Å²) in [5.74, 6) is -1.41. The van der Waals surface area contributed by atoms with Crippen LogP contribution in [0.25, 0.3) is 6.08 Å². The highest BCUT2D eigenvalue weighted by molar-refractivity contribution is 5.98. The summed E-state index contributed by atoms with van der Waals surface area (Å²) in [6, 6.07) is 7.38. The summed E-state index contributed by atoms with van der Waals surface area (Å²) in [5.41, 5.74) is 5.15. The molecule has 0 aromatic heterocycles. The van der Waals surface area contributed by atoms with Crippen LogP contribution in [-0.4, -0.2) is 23.5 Å². The third-order valence-electron chi connectivity index (χ3n) is 3.75. The molecule has 0 unspecified atom stereocenters. The van der Waals surface area contributed by atoms with Crippen molar-refractivity contribution in [3.05, 3.63) is 75.1 Å². The molecular formula is C18H14FN3O6. The van der Waals surface area contributed by atoms with Gasteiger partial charge in [-0.15, -0.1) is 0 Å². The molecule has 2 N–H and O–H groups in total. The Morgan fingerprint density at radius 1 is 1.18 bits per heavy atom. The summed E-state index contributed by atoms with van der Waals surface area (Å²) in [6.45, 7) is 0.142. The van der Waals surface area contributed by atoms with Gasteiger partial charge in [-0.1, -0.05) is 0 Å². The Labute approximate surface area is 157 Å². The molecule has 1 aliphatic rings. The van der Waals surface area contributed by atoms with Gasteiger partial charge >= 0.3 is 0 Å². The molecule has 1 aliphatic heterocycles. The minimum atomic E-state index is -0.678. The second-order valence-electron chi connectivity index (χ2n) is 5.67. The average Bonchev–Trinajstić information content (AvgIpc) is 2.70. The number of fused-ring (bicyclic) bond motifs is 1. The van der Waals surface area contributed by atoms with Gasteiger partial charge in [-0.2, -0.15) is 0 Å². The van der Waals surface area contributed by atoms with E-state index in [0.717, 1.165) is 18.2 Å². The van der Waals surface area contributed by atoms with Crippen LogP contribution in [0.5, 0.6) is 5.75 Å². The lowest BCUT2D eigenvalue weighted by molar-refractivity contribution is -0.385. The summed E-state index contributed by atoms with van der Waals surface area (Å²) >= 11 is 0. The SMILES string of the molecule is O=C(/C=C/c1cc([N+](=O)[O-])cc2c1OCOC2)NNC(=O)c1ccc(F)cc1. The Balaban J connectivity index is 1.68. The number of nitrogens with one attached hydrogen (secondary N) is 2. The number of hydrogen-bond acceptors (Lipinski definition) is 6. The summed E-state index contributed by atoms with van der Waals surface area (Å²) in [6.07, 6.45) is 2.42. The molecule has 1 heterocycles. The van der Waals surface area contributed by atoms with E-state index in [-0.39, 0.29) is 24.7 Å². The Morgan fingerprint density at radius 2 is 1.93 bits per heavy atom. The zero-order valence-electron chi connectivity index (χ0n) is 14.3. The van der Waals surface area contributed by atoms with E-state index in [1.54, 1.807) is 0 Å². The maximum atomic E-state index is 12.9. The van der Waals surface area contributed by atoms with E-state index >= 15 is 0 Å². The first-order valence-corrected chi connectivity index (χ1v) is 8.00. The predicted molar refractivity (Wildman–Crippen MR) is 94.4 cm³/mol. The first-order chi connectivity index (χ1) is 13.4. The Hall–Kier alpha value is -3.79. The van der Waals surface area contributed by atoms with Crippen LogP contribution in [0.15, 0.2) is 42.5 Å². The Kier molecular flexibility index (Phi) is 5.61. The number of halogens is 1. The molecule has 0 saturated carbocycles. The van der Waals surface area contributed by atoms with Crippen LogP contribution >= 0.6 is 0 Å². The molecular weight excluding hydrogens is 373 g/mol. The fourth-order valence-corrected chi connectivity index (χ4v) is 2.46. The second kappa shape index (κ2) is 8.27. The number of amides is 2. The fourth-order valence-electron chi connectivity index (χ4n) is 2.46. The van der Waals surface area contributed by atoms with Crippen molar-refractivity contribution in [1.82, 2.24) is 10.9 Å². The highest BCUT2D eigenvalue weighted by atomic mass is 19.1. The van der Waals surface area contributed by atoms with Gasteiger partial charge in [0.1, 0.15) is 11.6 Å². The number of benzene rings is 2. The molecule has 9 nitrogen and oxygen atoms in total.